The zero-order valence-electron chi connectivity index (χ0n) is 11.4. The molecule has 0 bridgehead atoms. The Morgan fingerprint density at radius 3 is 2.75 bits per heavy atom. The van der Waals surface area contributed by atoms with Crippen molar-refractivity contribution in [1.29, 1.82) is 0 Å². The van der Waals surface area contributed by atoms with Gasteiger partial charge in [0.05, 0.1) is 36.8 Å². The molecule has 3 rings (SSSR count). The molecule has 1 aliphatic heterocycles. The zero-order valence-corrected chi connectivity index (χ0v) is 11.4. The van der Waals surface area contributed by atoms with Gasteiger partial charge in [-0.05, 0) is 19.2 Å². The highest BCUT2D eigenvalue weighted by atomic mass is 16.7. The van der Waals surface area contributed by atoms with Gasteiger partial charge in [-0.3, -0.25) is 0 Å². The molecular weight excluding hydrogens is 256 g/mol. The summed E-state index contributed by atoms with van der Waals surface area (Å²) in [6.07, 6.45) is 2.35. The Kier molecular flexibility index (Phi) is 4.05. The minimum absolute atomic E-state index is 0.0771. The van der Waals surface area contributed by atoms with Crippen molar-refractivity contribution in [3.05, 3.63) is 42.2 Å². The van der Waals surface area contributed by atoms with E-state index in [2.05, 4.69) is 15.6 Å². The highest BCUT2D eigenvalue weighted by Gasteiger charge is 2.24. The van der Waals surface area contributed by atoms with E-state index in [0.717, 1.165) is 17.8 Å². The van der Waals surface area contributed by atoms with Crippen molar-refractivity contribution >= 4 is 0 Å². The van der Waals surface area contributed by atoms with Crippen LogP contribution in [0, 0.1) is 0 Å². The van der Waals surface area contributed by atoms with Crippen LogP contribution in [0.1, 0.15) is 18.2 Å². The van der Waals surface area contributed by atoms with E-state index < -0.39 is 0 Å². The van der Waals surface area contributed by atoms with Crippen LogP contribution in [0.2, 0.25) is 0 Å². The summed E-state index contributed by atoms with van der Waals surface area (Å²) in [7, 11) is 1.92. The number of hydrogen-bond donors (Lipinski definition) is 1. The summed E-state index contributed by atoms with van der Waals surface area (Å²) in [6, 6.07) is 10.0. The topological polar surface area (TPSA) is 61.2 Å². The van der Waals surface area contributed by atoms with Crippen LogP contribution >= 0.6 is 0 Å². The molecule has 106 valence electrons. The lowest BCUT2D eigenvalue weighted by molar-refractivity contribution is -0.0529. The second-order valence-electron chi connectivity index (χ2n) is 4.65. The number of nitrogens with one attached hydrogen (secondary N) is 1. The summed E-state index contributed by atoms with van der Waals surface area (Å²) in [5, 5.41) is 11.5. The van der Waals surface area contributed by atoms with Gasteiger partial charge >= 0.3 is 0 Å². The average Bonchev–Trinajstić information content (AvgIpc) is 3.17. The van der Waals surface area contributed by atoms with Gasteiger partial charge in [-0.2, -0.15) is 0 Å². The maximum atomic E-state index is 5.52. The third kappa shape index (κ3) is 2.72. The predicted molar refractivity (Wildman–Crippen MR) is 73.5 cm³/mol. The maximum Gasteiger partial charge on any atom is 0.159 e. The summed E-state index contributed by atoms with van der Waals surface area (Å²) in [5.41, 5.74) is 1.99. The summed E-state index contributed by atoms with van der Waals surface area (Å²) >= 11 is 0. The number of rotatable bonds is 5. The van der Waals surface area contributed by atoms with Crippen LogP contribution in [-0.4, -0.2) is 41.5 Å². The summed E-state index contributed by atoms with van der Waals surface area (Å²) in [5.74, 6) is 0. The molecule has 1 N–H and O–H groups in total. The Balaban J connectivity index is 1.83. The first-order chi connectivity index (χ1) is 9.88. The van der Waals surface area contributed by atoms with Crippen LogP contribution in [-0.2, 0) is 9.47 Å². The molecule has 6 heteroatoms. The van der Waals surface area contributed by atoms with Gasteiger partial charge in [0.25, 0.3) is 0 Å². The fourth-order valence-electron chi connectivity index (χ4n) is 2.37. The lowest BCUT2D eigenvalue weighted by Crippen LogP contribution is -2.25. The molecule has 1 unspecified atom stereocenters. The molecule has 6 nitrogen and oxygen atoms in total. The predicted octanol–water partition coefficient (Wildman–Crippen LogP) is 1.29. The third-order valence-electron chi connectivity index (χ3n) is 3.40. The van der Waals surface area contributed by atoms with Crippen molar-refractivity contribution in [1.82, 2.24) is 20.3 Å². The lowest BCUT2D eigenvalue weighted by atomic mass is 10.1. The number of aromatic nitrogens is 3. The van der Waals surface area contributed by atoms with Gasteiger partial charge in [0.1, 0.15) is 0 Å². The SMILES string of the molecule is CNC(CC1OCCO1)c1cnnn1-c1ccccc1. The standard InChI is InChI=1S/C14H18N4O2/c1-15-12(9-14-19-7-8-20-14)13-10-16-17-18(13)11-5-3-2-4-6-11/h2-6,10,12,14-15H,7-9H2,1H3. The average molecular weight is 274 g/mol. The normalized spacial score (nSPS) is 17.4. The Bertz CT molecular complexity index is 537. The van der Waals surface area contributed by atoms with E-state index >= 15 is 0 Å². The Morgan fingerprint density at radius 1 is 1.30 bits per heavy atom. The second-order valence-corrected chi connectivity index (χ2v) is 4.65. The summed E-state index contributed by atoms with van der Waals surface area (Å²) < 4.78 is 12.9. The monoisotopic (exact) mass is 274 g/mol. The largest absolute Gasteiger partial charge is 0.350 e. The van der Waals surface area contributed by atoms with Crippen LogP contribution in [0.3, 0.4) is 0 Å². The van der Waals surface area contributed by atoms with Crippen LogP contribution in [0.25, 0.3) is 5.69 Å². The molecule has 1 aromatic heterocycles. The van der Waals surface area contributed by atoms with Crippen LogP contribution in [0.15, 0.2) is 36.5 Å². The number of ether oxygens (including phenoxy) is 2. The summed E-state index contributed by atoms with van der Waals surface area (Å²) in [4.78, 5) is 0. The molecule has 2 aromatic rings. The zero-order chi connectivity index (χ0) is 13.8. The van der Waals surface area contributed by atoms with E-state index in [1.165, 1.54) is 0 Å². The van der Waals surface area contributed by atoms with Gasteiger partial charge in [0, 0.05) is 6.42 Å². The van der Waals surface area contributed by atoms with E-state index in [9.17, 15) is 0 Å². The summed E-state index contributed by atoms with van der Waals surface area (Å²) in [6.45, 7) is 1.33. The Labute approximate surface area is 117 Å². The molecular formula is C14H18N4O2. The molecule has 0 amide bonds. The molecule has 0 radical (unpaired) electrons. The van der Waals surface area contributed by atoms with Crippen LogP contribution in [0.4, 0.5) is 0 Å². The van der Waals surface area contributed by atoms with Crippen molar-refractivity contribution in [2.45, 2.75) is 18.8 Å². The first kappa shape index (κ1) is 13.2. The van der Waals surface area contributed by atoms with Gasteiger partial charge in [0.15, 0.2) is 6.29 Å². The highest BCUT2D eigenvalue weighted by Crippen LogP contribution is 2.23. The van der Waals surface area contributed by atoms with Crippen molar-refractivity contribution in [3.63, 3.8) is 0 Å². The fraction of sp³-hybridized carbons (Fsp3) is 0.429. The second kappa shape index (κ2) is 6.13. The van der Waals surface area contributed by atoms with E-state index in [4.69, 9.17) is 9.47 Å². The van der Waals surface area contributed by atoms with Crippen molar-refractivity contribution < 1.29 is 9.47 Å². The van der Waals surface area contributed by atoms with Crippen molar-refractivity contribution in [3.8, 4) is 5.69 Å². The van der Waals surface area contributed by atoms with Gasteiger partial charge in [0.2, 0.25) is 0 Å². The minimum atomic E-state index is -0.161. The maximum absolute atomic E-state index is 5.52. The molecule has 0 spiro atoms. The van der Waals surface area contributed by atoms with E-state index in [0.29, 0.717) is 13.2 Å². The number of benzene rings is 1. The van der Waals surface area contributed by atoms with Gasteiger partial charge in [-0.1, -0.05) is 23.4 Å². The molecule has 2 heterocycles. The molecule has 20 heavy (non-hydrogen) atoms. The van der Waals surface area contributed by atoms with Gasteiger partial charge in [-0.25, -0.2) is 4.68 Å². The first-order valence-corrected chi connectivity index (χ1v) is 6.75. The molecule has 1 aromatic carbocycles. The van der Waals surface area contributed by atoms with E-state index in [-0.39, 0.29) is 12.3 Å². The third-order valence-corrected chi connectivity index (χ3v) is 3.40. The smallest absolute Gasteiger partial charge is 0.159 e. The van der Waals surface area contributed by atoms with E-state index in [1.54, 1.807) is 6.20 Å². The minimum Gasteiger partial charge on any atom is -0.350 e. The molecule has 1 aliphatic rings. The van der Waals surface area contributed by atoms with Gasteiger partial charge in [-0.15, -0.1) is 5.10 Å². The molecule has 0 aliphatic carbocycles. The quantitative estimate of drug-likeness (QED) is 0.890. The van der Waals surface area contributed by atoms with Crippen molar-refractivity contribution in [2.75, 3.05) is 20.3 Å². The lowest BCUT2D eigenvalue weighted by Gasteiger charge is -2.19. The number of para-hydroxylation sites is 1. The van der Waals surface area contributed by atoms with Crippen LogP contribution < -0.4 is 5.32 Å². The number of nitrogens with zero attached hydrogens (tertiary/aromatic N) is 3. The Morgan fingerprint density at radius 2 is 2.05 bits per heavy atom. The molecule has 1 fully saturated rings. The fourth-order valence-corrected chi connectivity index (χ4v) is 2.37. The highest BCUT2D eigenvalue weighted by molar-refractivity contribution is 5.32. The molecule has 0 saturated carbocycles. The van der Waals surface area contributed by atoms with E-state index in [1.807, 2.05) is 42.1 Å². The molecule has 1 atom stereocenters. The first-order valence-electron chi connectivity index (χ1n) is 6.75. The van der Waals surface area contributed by atoms with Gasteiger partial charge < -0.3 is 14.8 Å². The van der Waals surface area contributed by atoms with Crippen LogP contribution in [0.5, 0.6) is 0 Å². The van der Waals surface area contributed by atoms with Crippen molar-refractivity contribution in [2.24, 2.45) is 0 Å². The Hall–Kier alpha value is -1.76. The molecule has 1 saturated heterocycles. The number of hydrogen-bond acceptors (Lipinski definition) is 5.